The van der Waals surface area contributed by atoms with Gasteiger partial charge in [-0.3, -0.25) is 0 Å². The van der Waals surface area contributed by atoms with Gasteiger partial charge in [0.1, 0.15) is 0 Å². The van der Waals surface area contributed by atoms with Crippen molar-refractivity contribution in [1.29, 1.82) is 0 Å². The van der Waals surface area contributed by atoms with E-state index in [1.54, 1.807) is 0 Å². The van der Waals surface area contributed by atoms with Gasteiger partial charge in [-0.25, -0.2) is 0 Å². The third-order valence-corrected chi connectivity index (χ3v) is 4.93. The Morgan fingerprint density at radius 2 is 1.94 bits per heavy atom. The van der Waals surface area contributed by atoms with Crippen LogP contribution in [0.4, 0.5) is 0 Å². The summed E-state index contributed by atoms with van der Waals surface area (Å²) in [5.41, 5.74) is 1.33. The summed E-state index contributed by atoms with van der Waals surface area (Å²) in [7, 11) is 2.33. The van der Waals surface area contributed by atoms with Gasteiger partial charge < -0.3 is 10.2 Å². The smallest absolute Gasteiger partial charge is 0.0133 e. The van der Waals surface area contributed by atoms with Gasteiger partial charge in [-0.05, 0) is 65.0 Å². The molecule has 2 bridgehead atoms. The van der Waals surface area contributed by atoms with Crippen LogP contribution in [0.1, 0.15) is 52.4 Å². The van der Waals surface area contributed by atoms with E-state index in [4.69, 9.17) is 0 Å². The van der Waals surface area contributed by atoms with E-state index in [1.165, 1.54) is 37.7 Å². The first-order valence-electron chi connectivity index (χ1n) is 7.71. The highest BCUT2D eigenvalue weighted by molar-refractivity contribution is 5.01. The van der Waals surface area contributed by atoms with Gasteiger partial charge in [-0.15, -0.1) is 6.58 Å². The lowest BCUT2D eigenvalue weighted by atomic mass is 9.82. The molecule has 2 aliphatic rings. The molecular weight excluding hydrogens is 220 g/mol. The molecule has 104 valence electrons. The molecule has 18 heavy (non-hydrogen) atoms. The van der Waals surface area contributed by atoms with Crippen molar-refractivity contribution in [3.63, 3.8) is 0 Å². The SMILES string of the molecule is C=C(C)CC(NCCC)C1CC2CCC(C1)N2C. The van der Waals surface area contributed by atoms with Crippen molar-refractivity contribution >= 4 is 0 Å². The van der Waals surface area contributed by atoms with E-state index in [-0.39, 0.29) is 0 Å². The lowest BCUT2D eigenvalue weighted by molar-refractivity contribution is 0.112. The number of nitrogens with one attached hydrogen (secondary N) is 1. The standard InChI is InChI=1S/C16H30N2/c1-5-8-17-16(9-12(2)3)13-10-14-6-7-15(11-13)18(14)4/h13-17H,2,5-11H2,1,3-4H3. The Hall–Kier alpha value is -0.340. The Kier molecular flexibility index (Phi) is 4.85. The van der Waals surface area contributed by atoms with Gasteiger partial charge in [0.25, 0.3) is 0 Å². The van der Waals surface area contributed by atoms with E-state index < -0.39 is 0 Å². The molecule has 3 atom stereocenters. The van der Waals surface area contributed by atoms with Crippen LogP contribution in [0.25, 0.3) is 0 Å². The van der Waals surface area contributed by atoms with Crippen LogP contribution in [-0.4, -0.2) is 36.6 Å². The predicted octanol–water partition coefficient (Wildman–Crippen LogP) is 3.19. The first-order chi connectivity index (χ1) is 8.61. The third-order valence-electron chi connectivity index (χ3n) is 4.93. The lowest BCUT2D eigenvalue weighted by Gasteiger charge is -2.40. The van der Waals surface area contributed by atoms with Gasteiger partial charge >= 0.3 is 0 Å². The van der Waals surface area contributed by atoms with Crippen LogP contribution in [0.15, 0.2) is 12.2 Å². The Morgan fingerprint density at radius 1 is 1.33 bits per heavy atom. The molecule has 2 fully saturated rings. The molecule has 2 aliphatic heterocycles. The fourth-order valence-electron chi connectivity index (χ4n) is 3.89. The number of nitrogens with zero attached hydrogens (tertiary/aromatic N) is 1. The number of rotatable bonds is 6. The second kappa shape index (κ2) is 6.21. The van der Waals surface area contributed by atoms with E-state index in [0.717, 1.165) is 31.0 Å². The van der Waals surface area contributed by atoms with E-state index in [1.807, 2.05) is 0 Å². The Bertz CT molecular complexity index is 273. The van der Waals surface area contributed by atoms with E-state index in [2.05, 4.69) is 37.7 Å². The summed E-state index contributed by atoms with van der Waals surface area (Å²) in [6.45, 7) is 9.69. The minimum Gasteiger partial charge on any atom is -0.313 e. The first-order valence-corrected chi connectivity index (χ1v) is 7.71. The molecule has 2 rings (SSSR count). The van der Waals surface area contributed by atoms with Crippen molar-refractivity contribution in [2.24, 2.45) is 5.92 Å². The normalized spacial score (nSPS) is 33.6. The monoisotopic (exact) mass is 250 g/mol. The number of hydrogen-bond acceptors (Lipinski definition) is 2. The highest BCUT2D eigenvalue weighted by Gasteiger charge is 2.40. The Balaban J connectivity index is 1.96. The third kappa shape index (κ3) is 3.16. The van der Waals surface area contributed by atoms with Gasteiger partial charge in [0.15, 0.2) is 0 Å². The zero-order valence-electron chi connectivity index (χ0n) is 12.4. The quantitative estimate of drug-likeness (QED) is 0.728. The molecule has 2 saturated heterocycles. The highest BCUT2D eigenvalue weighted by atomic mass is 15.2. The van der Waals surface area contributed by atoms with E-state index in [0.29, 0.717) is 6.04 Å². The van der Waals surface area contributed by atoms with Crippen LogP contribution in [-0.2, 0) is 0 Å². The Morgan fingerprint density at radius 3 is 2.44 bits per heavy atom. The molecule has 0 aromatic rings. The summed E-state index contributed by atoms with van der Waals surface area (Å²) < 4.78 is 0. The average Bonchev–Trinajstić information content (AvgIpc) is 2.55. The first kappa shape index (κ1) is 14.1. The largest absolute Gasteiger partial charge is 0.313 e. The van der Waals surface area contributed by atoms with E-state index >= 15 is 0 Å². The second-order valence-corrected chi connectivity index (χ2v) is 6.50. The van der Waals surface area contributed by atoms with Crippen molar-refractivity contribution in [2.45, 2.75) is 70.5 Å². The van der Waals surface area contributed by atoms with Crippen LogP contribution in [0, 0.1) is 5.92 Å². The molecule has 2 heterocycles. The number of fused-ring (bicyclic) bond motifs is 2. The zero-order valence-corrected chi connectivity index (χ0v) is 12.4. The van der Waals surface area contributed by atoms with Crippen molar-refractivity contribution in [3.05, 3.63) is 12.2 Å². The van der Waals surface area contributed by atoms with Gasteiger partial charge in [0.2, 0.25) is 0 Å². The molecule has 0 aliphatic carbocycles. The molecule has 0 spiro atoms. The van der Waals surface area contributed by atoms with Crippen molar-refractivity contribution < 1.29 is 0 Å². The fraction of sp³-hybridized carbons (Fsp3) is 0.875. The molecule has 0 aromatic heterocycles. The van der Waals surface area contributed by atoms with Crippen molar-refractivity contribution in [2.75, 3.05) is 13.6 Å². The number of hydrogen-bond donors (Lipinski definition) is 1. The minimum atomic E-state index is 0.666. The molecule has 3 unspecified atom stereocenters. The molecule has 2 nitrogen and oxygen atoms in total. The maximum atomic E-state index is 4.12. The van der Waals surface area contributed by atoms with Crippen LogP contribution in [0.3, 0.4) is 0 Å². The maximum Gasteiger partial charge on any atom is 0.0133 e. The van der Waals surface area contributed by atoms with Gasteiger partial charge in [-0.2, -0.15) is 0 Å². The molecule has 0 saturated carbocycles. The molecular formula is C16H30N2. The summed E-state index contributed by atoms with van der Waals surface area (Å²) in [4.78, 5) is 2.63. The summed E-state index contributed by atoms with van der Waals surface area (Å²) in [6, 6.07) is 2.37. The predicted molar refractivity (Wildman–Crippen MR) is 78.8 cm³/mol. The average molecular weight is 250 g/mol. The summed E-state index contributed by atoms with van der Waals surface area (Å²) >= 11 is 0. The van der Waals surface area contributed by atoms with Gasteiger partial charge in [0, 0.05) is 18.1 Å². The Labute approximate surface area is 113 Å². The van der Waals surface area contributed by atoms with Gasteiger partial charge in [0.05, 0.1) is 0 Å². The molecule has 2 heteroatoms. The second-order valence-electron chi connectivity index (χ2n) is 6.50. The van der Waals surface area contributed by atoms with Crippen LogP contribution >= 0.6 is 0 Å². The summed E-state index contributed by atoms with van der Waals surface area (Å²) in [5, 5.41) is 3.77. The molecule has 0 amide bonds. The van der Waals surface area contributed by atoms with Crippen molar-refractivity contribution in [3.8, 4) is 0 Å². The maximum absolute atomic E-state index is 4.12. The highest BCUT2D eigenvalue weighted by Crippen LogP contribution is 2.39. The molecule has 0 radical (unpaired) electrons. The summed E-state index contributed by atoms with van der Waals surface area (Å²) in [5.74, 6) is 0.863. The zero-order chi connectivity index (χ0) is 13.1. The lowest BCUT2D eigenvalue weighted by Crippen LogP contribution is -2.47. The molecule has 1 N–H and O–H groups in total. The van der Waals surface area contributed by atoms with Crippen LogP contribution < -0.4 is 5.32 Å². The van der Waals surface area contributed by atoms with E-state index in [9.17, 15) is 0 Å². The van der Waals surface area contributed by atoms with Gasteiger partial charge in [-0.1, -0.05) is 12.5 Å². The minimum absolute atomic E-state index is 0.666. The number of piperidine rings is 1. The van der Waals surface area contributed by atoms with Crippen LogP contribution in [0.2, 0.25) is 0 Å². The van der Waals surface area contributed by atoms with Crippen molar-refractivity contribution in [1.82, 2.24) is 10.2 Å². The molecule has 0 aromatic carbocycles. The fourth-order valence-corrected chi connectivity index (χ4v) is 3.89. The van der Waals surface area contributed by atoms with Crippen LogP contribution in [0.5, 0.6) is 0 Å². The topological polar surface area (TPSA) is 15.3 Å². The summed E-state index contributed by atoms with van der Waals surface area (Å²) in [6.07, 6.45) is 8.01.